The summed E-state index contributed by atoms with van der Waals surface area (Å²) in [5.74, 6) is -0.879. The van der Waals surface area contributed by atoms with Gasteiger partial charge in [-0.3, -0.25) is 14.9 Å². The Morgan fingerprint density at radius 3 is 2.00 bits per heavy atom. The molecule has 4 nitrogen and oxygen atoms in total. The molecular formula is C16H10F3NO3. The first-order chi connectivity index (χ1) is 10.8. The Balaban J connectivity index is 2.39. The fraction of sp³-hybridized carbons (Fsp3) is 0.0625. The van der Waals surface area contributed by atoms with E-state index in [-0.39, 0.29) is 16.8 Å². The molecule has 23 heavy (non-hydrogen) atoms. The van der Waals surface area contributed by atoms with Crippen molar-refractivity contribution in [2.24, 2.45) is 0 Å². The number of benzene rings is 2. The molecule has 7 heteroatoms. The summed E-state index contributed by atoms with van der Waals surface area (Å²) in [5, 5.41) is 10.5. The minimum Gasteiger partial charge on any atom is -0.289 e. The van der Waals surface area contributed by atoms with Crippen molar-refractivity contribution < 1.29 is 22.9 Å². The Hall–Kier alpha value is -2.96. The maximum atomic E-state index is 13.1. The molecule has 0 radical (unpaired) electrons. The van der Waals surface area contributed by atoms with E-state index in [0.29, 0.717) is 6.08 Å². The number of carbonyl (C=O) groups is 1. The number of nitro benzene ring substituents is 1. The highest BCUT2D eigenvalue weighted by atomic mass is 19.4. The van der Waals surface area contributed by atoms with Crippen LogP contribution in [0.5, 0.6) is 0 Å². The molecule has 0 N–H and O–H groups in total. The molecule has 2 aromatic rings. The Labute approximate surface area is 129 Å². The topological polar surface area (TPSA) is 60.2 Å². The van der Waals surface area contributed by atoms with Crippen LogP contribution in [0.2, 0.25) is 0 Å². The van der Waals surface area contributed by atoms with E-state index in [1.54, 1.807) is 6.07 Å². The van der Waals surface area contributed by atoms with E-state index in [2.05, 4.69) is 0 Å². The number of non-ortho nitro benzene ring substituents is 1. The lowest BCUT2D eigenvalue weighted by atomic mass is 10.0. The molecule has 0 aliphatic carbocycles. The van der Waals surface area contributed by atoms with Gasteiger partial charge in [-0.15, -0.1) is 0 Å². The minimum absolute atomic E-state index is 0.0618. The van der Waals surface area contributed by atoms with E-state index in [1.807, 2.05) is 0 Å². The molecule has 0 atom stereocenters. The van der Waals surface area contributed by atoms with Crippen molar-refractivity contribution in [2.45, 2.75) is 6.18 Å². The standard InChI is InChI=1S/C16H10F3NO3/c17-16(18,19)14(11-4-2-1-3-5-11)10-15(21)12-6-8-13(9-7-12)20(22)23/h1-10H/b14-10+. The van der Waals surface area contributed by atoms with Gasteiger partial charge in [-0.2, -0.15) is 13.2 Å². The molecule has 0 aliphatic rings. The van der Waals surface area contributed by atoms with Crippen molar-refractivity contribution in [1.29, 1.82) is 0 Å². The summed E-state index contributed by atoms with van der Waals surface area (Å²) in [4.78, 5) is 21.9. The molecule has 118 valence electrons. The second kappa shape index (κ2) is 6.43. The third-order valence-corrected chi connectivity index (χ3v) is 3.03. The van der Waals surface area contributed by atoms with Gasteiger partial charge in [0.2, 0.25) is 0 Å². The summed E-state index contributed by atoms with van der Waals surface area (Å²) in [6, 6.07) is 11.3. The molecule has 2 rings (SSSR count). The second-order valence-corrected chi connectivity index (χ2v) is 4.59. The van der Waals surface area contributed by atoms with Gasteiger partial charge in [0.25, 0.3) is 5.69 Å². The van der Waals surface area contributed by atoms with Crippen molar-refractivity contribution in [3.8, 4) is 0 Å². The summed E-state index contributed by atoms with van der Waals surface area (Å²) in [6.07, 6.45) is -4.20. The molecule has 0 bridgehead atoms. The maximum Gasteiger partial charge on any atom is 0.417 e. The highest BCUT2D eigenvalue weighted by molar-refractivity contribution is 6.09. The number of hydrogen-bond acceptors (Lipinski definition) is 3. The lowest BCUT2D eigenvalue weighted by molar-refractivity contribution is -0.384. The van der Waals surface area contributed by atoms with Gasteiger partial charge in [0.05, 0.1) is 10.5 Å². The fourth-order valence-corrected chi connectivity index (χ4v) is 1.91. The second-order valence-electron chi connectivity index (χ2n) is 4.59. The molecule has 0 unspecified atom stereocenters. The van der Waals surface area contributed by atoms with Gasteiger partial charge in [0.15, 0.2) is 5.78 Å². The number of halogens is 3. The molecule has 0 fully saturated rings. The monoisotopic (exact) mass is 321 g/mol. The van der Waals surface area contributed by atoms with Gasteiger partial charge in [0.1, 0.15) is 0 Å². The largest absolute Gasteiger partial charge is 0.417 e. The SMILES string of the molecule is O=C(/C=C(\c1ccccc1)C(F)(F)F)c1ccc([N+](=O)[O-])cc1. The molecule has 2 aromatic carbocycles. The molecule has 0 aliphatic heterocycles. The van der Waals surface area contributed by atoms with Crippen LogP contribution in [-0.2, 0) is 0 Å². The van der Waals surface area contributed by atoms with Crippen molar-refractivity contribution in [2.75, 3.05) is 0 Å². The molecule has 0 saturated carbocycles. The first-order valence-corrected chi connectivity index (χ1v) is 6.42. The van der Waals surface area contributed by atoms with Crippen molar-refractivity contribution in [3.63, 3.8) is 0 Å². The molecule has 0 saturated heterocycles. The van der Waals surface area contributed by atoms with E-state index < -0.39 is 22.5 Å². The van der Waals surface area contributed by atoms with Crippen molar-refractivity contribution in [1.82, 2.24) is 0 Å². The van der Waals surface area contributed by atoms with Crippen LogP contribution in [0.4, 0.5) is 18.9 Å². The number of hydrogen-bond donors (Lipinski definition) is 0. The van der Waals surface area contributed by atoms with Crippen LogP contribution in [0, 0.1) is 10.1 Å². The quantitative estimate of drug-likeness (QED) is 0.362. The fourth-order valence-electron chi connectivity index (χ4n) is 1.91. The Kier molecular flexibility index (Phi) is 4.59. The summed E-state index contributed by atoms with van der Waals surface area (Å²) in [7, 11) is 0. The Bertz CT molecular complexity index is 750. The van der Waals surface area contributed by atoms with Gasteiger partial charge in [-0.05, 0) is 23.8 Å². The predicted molar refractivity (Wildman–Crippen MR) is 77.9 cm³/mol. The van der Waals surface area contributed by atoms with Gasteiger partial charge in [0, 0.05) is 17.7 Å². The number of alkyl halides is 3. The van der Waals surface area contributed by atoms with Crippen LogP contribution < -0.4 is 0 Å². The Morgan fingerprint density at radius 2 is 1.52 bits per heavy atom. The molecule has 0 heterocycles. The maximum absolute atomic E-state index is 13.1. The third kappa shape index (κ3) is 4.03. The van der Waals surface area contributed by atoms with Crippen LogP contribution in [0.25, 0.3) is 5.57 Å². The van der Waals surface area contributed by atoms with Crippen molar-refractivity contribution >= 4 is 17.0 Å². The van der Waals surface area contributed by atoms with Crippen LogP contribution in [0.3, 0.4) is 0 Å². The molecule has 0 aromatic heterocycles. The average Bonchev–Trinajstić information content (AvgIpc) is 2.52. The lowest BCUT2D eigenvalue weighted by Gasteiger charge is -2.11. The van der Waals surface area contributed by atoms with E-state index in [4.69, 9.17) is 0 Å². The number of carbonyl (C=O) groups excluding carboxylic acids is 1. The highest BCUT2D eigenvalue weighted by Crippen LogP contribution is 2.34. The lowest BCUT2D eigenvalue weighted by Crippen LogP contribution is -2.12. The summed E-state index contributed by atoms with van der Waals surface area (Å²) < 4.78 is 39.4. The molecule has 0 amide bonds. The first-order valence-electron chi connectivity index (χ1n) is 6.42. The summed E-state index contributed by atoms with van der Waals surface area (Å²) >= 11 is 0. The predicted octanol–water partition coefficient (Wildman–Crippen LogP) is 4.42. The summed E-state index contributed by atoms with van der Waals surface area (Å²) in [5.41, 5.74) is -1.50. The molecular weight excluding hydrogens is 311 g/mol. The Morgan fingerprint density at radius 1 is 0.957 bits per heavy atom. The van der Waals surface area contributed by atoms with E-state index in [1.165, 1.54) is 24.3 Å². The van der Waals surface area contributed by atoms with E-state index in [9.17, 15) is 28.1 Å². The zero-order valence-corrected chi connectivity index (χ0v) is 11.6. The first kappa shape index (κ1) is 16.4. The third-order valence-electron chi connectivity index (χ3n) is 3.03. The van der Waals surface area contributed by atoms with Crippen LogP contribution in [0.1, 0.15) is 15.9 Å². The number of ketones is 1. The minimum atomic E-state index is -4.70. The zero-order chi connectivity index (χ0) is 17.0. The molecule has 0 spiro atoms. The van der Waals surface area contributed by atoms with Gasteiger partial charge in [-0.25, -0.2) is 0 Å². The van der Waals surface area contributed by atoms with E-state index in [0.717, 1.165) is 24.3 Å². The van der Waals surface area contributed by atoms with Crippen LogP contribution in [-0.4, -0.2) is 16.9 Å². The smallest absolute Gasteiger partial charge is 0.289 e. The normalized spacial score (nSPS) is 12.0. The highest BCUT2D eigenvalue weighted by Gasteiger charge is 2.35. The van der Waals surface area contributed by atoms with Crippen molar-refractivity contribution in [3.05, 3.63) is 81.9 Å². The summed E-state index contributed by atoms with van der Waals surface area (Å²) in [6.45, 7) is 0. The van der Waals surface area contributed by atoms with E-state index >= 15 is 0 Å². The van der Waals surface area contributed by atoms with Crippen LogP contribution >= 0.6 is 0 Å². The number of allylic oxidation sites excluding steroid dienone is 2. The average molecular weight is 321 g/mol. The number of rotatable bonds is 4. The zero-order valence-electron chi connectivity index (χ0n) is 11.6. The van der Waals surface area contributed by atoms with Gasteiger partial charge < -0.3 is 0 Å². The number of nitrogens with zero attached hydrogens (tertiary/aromatic N) is 1. The van der Waals surface area contributed by atoms with Gasteiger partial charge >= 0.3 is 6.18 Å². The van der Waals surface area contributed by atoms with Gasteiger partial charge in [-0.1, -0.05) is 30.3 Å². The number of nitro groups is 1. The van der Waals surface area contributed by atoms with Crippen LogP contribution in [0.15, 0.2) is 60.7 Å².